The lowest BCUT2D eigenvalue weighted by Gasteiger charge is -2.25. The second-order valence-electron chi connectivity index (χ2n) is 12.0. The maximum atomic E-state index is 13.7. The molecule has 50 heavy (non-hydrogen) atoms. The van der Waals surface area contributed by atoms with Crippen LogP contribution in [0.15, 0.2) is 104 Å². The molecule has 0 radical (unpaired) electrons. The van der Waals surface area contributed by atoms with Crippen LogP contribution in [-0.2, 0) is 18.9 Å². The van der Waals surface area contributed by atoms with Crippen LogP contribution < -0.4 is 0 Å². The average molecular weight is 673 g/mol. The van der Waals surface area contributed by atoms with Crippen LogP contribution in [0, 0.1) is 20.8 Å². The van der Waals surface area contributed by atoms with Crippen molar-refractivity contribution >= 4 is 29.1 Å². The number of fused-ring (bicyclic) bond motifs is 1. The predicted octanol–water partition coefficient (Wildman–Crippen LogP) is 5.14. The van der Waals surface area contributed by atoms with Crippen LogP contribution in [0.1, 0.15) is 54.0 Å². The number of hydrogen-bond donors (Lipinski definition) is 0. The first-order valence-corrected chi connectivity index (χ1v) is 15.9. The molecule has 4 atom stereocenters. The SMILES string of the molecule is Cc1ccc(C(=O)OC[C@H]2O[C@@H](n3cnc4c(-n5ccnc5)ncnc43)[C@H](OC(=O)c3ccc(C)cc3)[C@@H]2OC(=O)c2ccc(C)cc2)cc1. The Morgan fingerprint density at radius 2 is 1.26 bits per heavy atom. The van der Waals surface area contributed by atoms with E-state index in [4.69, 9.17) is 18.9 Å². The summed E-state index contributed by atoms with van der Waals surface area (Å²) in [6.07, 6.45) is 3.14. The second-order valence-corrected chi connectivity index (χ2v) is 12.0. The molecular weight excluding hydrogens is 640 g/mol. The van der Waals surface area contributed by atoms with Crippen molar-refractivity contribution in [2.24, 2.45) is 0 Å². The van der Waals surface area contributed by atoms with E-state index in [1.807, 2.05) is 20.8 Å². The smallest absolute Gasteiger partial charge is 0.338 e. The van der Waals surface area contributed by atoms with Gasteiger partial charge in [-0.05, 0) is 57.2 Å². The molecular formula is C37H32N6O7. The van der Waals surface area contributed by atoms with Crippen molar-refractivity contribution in [3.63, 3.8) is 0 Å². The number of ether oxygens (including phenoxy) is 4. The van der Waals surface area contributed by atoms with Gasteiger partial charge in [0.2, 0.25) is 0 Å². The molecule has 0 spiro atoms. The van der Waals surface area contributed by atoms with Gasteiger partial charge >= 0.3 is 17.9 Å². The zero-order valence-corrected chi connectivity index (χ0v) is 27.4. The molecule has 1 aliphatic heterocycles. The third-order valence-electron chi connectivity index (χ3n) is 8.37. The van der Waals surface area contributed by atoms with Gasteiger partial charge in [0.25, 0.3) is 0 Å². The first kappa shape index (κ1) is 32.3. The lowest BCUT2D eigenvalue weighted by Crippen LogP contribution is -2.41. The van der Waals surface area contributed by atoms with Crippen molar-refractivity contribution in [2.75, 3.05) is 6.61 Å². The van der Waals surface area contributed by atoms with Crippen LogP contribution in [-0.4, -0.2) is 71.9 Å². The summed E-state index contributed by atoms with van der Waals surface area (Å²) in [4.78, 5) is 57.9. The molecule has 1 saturated heterocycles. The number of aryl methyl sites for hydroxylation is 3. The maximum absolute atomic E-state index is 13.7. The molecule has 252 valence electrons. The zero-order chi connectivity index (χ0) is 34.8. The Bertz CT molecular complexity index is 2150. The van der Waals surface area contributed by atoms with E-state index in [0.717, 1.165) is 16.7 Å². The highest BCUT2D eigenvalue weighted by atomic mass is 16.7. The van der Waals surface area contributed by atoms with Gasteiger partial charge in [-0.25, -0.2) is 34.3 Å². The molecule has 4 heterocycles. The van der Waals surface area contributed by atoms with Crippen molar-refractivity contribution in [3.8, 4) is 5.82 Å². The molecule has 0 bridgehead atoms. The van der Waals surface area contributed by atoms with Gasteiger partial charge in [-0.3, -0.25) is 9.13 Å². The van der Waals surface area contributed by atoms with E-state index < -0.39 is 42.4 Å². The van der Waals surface area contributed by atoms with Gasteiger partial charge < -0.3 is 18.9 Å². The Kier molecular flexibility index (Phi) is 8.88. The number of benzene rings is 3. The van der Waals surface area contributed by atoms with Crippen LogP contribution >= 0.6 is 0 Å². The number of nitrogens with zero attached hydrogens (tertiary/aromatic N) is 6. The Labute approximate surface area is 286 Å². The number of esters is 3. The summed E-state index contributed by atoms with van der Waals surface area (Å²) >= 11 is 0. The monoisotopic (exact) mass is 672 g/mol. The fourth-order valence-electron chi connectivity index (χ4n) is 5.63. The molecule has 7 rings (SSSR count). The fourth-order valence-corrected chi connectivity index (χ4v) is 5.63. The summed E-state index contributed by atoms with van der Waals surface area (Å²) in [6.45, 7) is 5.40. The zero-order valence-electron chi connectivity index (χ0n) is 27.4. The average Bonchev–Trinajstić information content (AvgIpc) is 3.88. The molecule has 0 N–H and O–H groups in total. The van der Waals surface area contributed by atoms with Crippen LogP contribution in [0.25, 0.3) is 17.0 Å². The van der Waals surface area contributed by atoms with Crippen molar-refractivity contribution in [1.29, 1.82) is 0 Å². The molecule has 0 saturated carbocycles. The second kappa shape index (κ2) is 13.7. The number of rotatable bonds is 9. The minimum atomic E-state index is -1.23. The molecule has 13 nitrogen and oxygen atoms in total. The standard InChI is InChI=1S/C37H32N6O7/c1-22-4-10-25(11-5-22)35(44)47-18-28-30(49-36(45)26-12-6-23(2)7-13-26)31(50-37(46)27-14-8-24(3)9-15-27)34(48-28)43-21-41-29-32(39-19-40-33(29)43)42-17-16-38-20-42/h4-17,19-21,28,30-31,34H,18H2,1-3H3/t28-,30-,31-,34-/m1/s1. The summed E-state index contributed by atoms with van der Waals surface area (Å²) in [7, 11) is 0. The van der Waals surface area contributed by atoms with Crippen molar-refractivity contribution in [1.82, 2.24) is 29.1 Å². The lowest BCUT2D eigenvalue weighted by molar-refractivity contribution is -0.0606. The van der Waals surface area contributed by atoms with Crippen molar-refractivity contribution < 1.29 is 33.3 Å². The van der Waals surface area contributed by atoms with Gasteiger partial charge in [0, 0.05) is 12.4 Å². The van der Waals surface area contributed by atoms with E-state index in [9.17, 15) is 14.4 Å². The van der Waals surface area contributed by atoms with Crippen LogP contribution in [0.5, 0.6) is 0 Å². The van der Waals surface area contributed by atoms with Gasteiger partial charge in [0.15, 0.2) is 35.4 Å². The van der Waals surface area contributed by atoms with E-state index in [1.165, 1.54) is 12.7 Å². The molecule has 0 amide bonds. The summed E-state index contributed by atoms with van der Waals surface area (Å²) in [6, 6.07) is 20.7. The van der Waals surface area contributed by atoms with Gasteiger partial charge in [0.05, 0.1) is 23.0 Å². The van der Waals surface area contributed by atoms with Gasteiger partial charge in [-0.15, -0.1) is 0 Å². The number of carbonyl (C=O) groups excluding carboxylic acids is 3. The summed E-state index contributed by atoms with van der Waals surface area (Å²) in [5, 5.41) is 0. The largest absolute Gasteiger partial charge is 0.459 e. The van der Waals surface area contributed by atoms with Crippen molar-refractivity contribution in [2.45, 2.75) is 45.3 Å². The van der Waals surface area contributed by atoms with Gasteiger partial charge in [-0.1, -0.05) is 53.1 Å². The summed E-state index contributed by atoms with van der Waals surface area (Å²) in [5.74, 6) is -1.48. The Morgan fingerprint density at radius 3 is 1.82 bits per heavy atom. The van der Waals surface area contributed by atoms with Gasteiger partial charge in [0.1, 0.15) is 25.4 Å². The highest BCUT2D eigenvalue weighted by Crippen LogP contribution is 2.37. The summed E-state index contributed by atoms with van der Waals surface area (Å²) in [5.41, 5.74) is 4.58. The molecule has 1 aliphatic rings. The third-order valence-corrected chi connectivity index (χ3v) is 8.37. The quantitative estimate of drug-likeness (QED) is 0.148. The molecule has 3 aromatic heterocycles. The minimum absolute atomic E-state index is 0.281. The Hall–Kier alpha value is -6.21. The molecule has 0 unspecified atom stereocenters. The van der Waals surface area contributed by atoms with E-state index in [0.29, 0.717) is 22.5 Å². The maximum Gasteiger partial charge on any atom is 0.338 e. The number of hydrogen-bond acceptors (Lipinski definition) is 11. The molecule has 1 fully saturated rings. The van der Waals surface area contributed by atoms with Crippen LogP contribution in [0.3, 0.4) is 0 Å². The molecule has 6 aromatic rings. The number of carbonyl (C=O) groups is 3. The van der Waals surface area contributed by atoms with Crippen molar-refractivity contribution in [3.05, 3.63) is 138 Å². The van der Waals surface area contributed by atoms with Crippen LogP contribution in [0.4, 0.5) is 0 Å². The topological polar surface area (TPSA) is 150 Å². The fraction of sp³-hybridized carbons (Fsp3) is 0.216. The van der Waals surface area contributed by atoms with Crippen LogP contribution in [0.2, 0.25) is 0 Å². The number of aromatic nitrogens is 6. The number of imidazole rings is 2. The van der Waals surface area contributed by atoms with E-state index in [-0.39, 0.29) is 17.7 Å². The summed E-state index contributed by atoms with van der Waals surface area (Å²) < 4.78 is 27.7. The Balaban J connectivity index is 1.27. The highest BCUT2D eigenvalue weighted by molar-refractivity contribution is 5.91. The first-order chi connectivity index (χ1) is 24.2. The normalized spacial score (nSPS) is 18.5. The predicted molar refractivity (Wildman–Crippen MR) is 179 cm³/mol. The van der Waals surface area contributed by atoms with E-state index in [2.05, 4.69) is 19.9 Å². The molecule has 0 aliphatic carbocycles. The minimum Gasteiger partial charge on any atom is -0.459 e. The van der Waals surface area contributed by atoms with E-state index in [1.54, 1.807) is 101 Å². The third kappa shape index (κ3) is 6.58. The highest BCUT2D eigenvalue weighted by Gasteiger charge is 2.52. The van der Waals surface area contributed by atoms with E-state index >= 15 is 0 Å². The first-order valence-electron chi connectivity index (χ1n) is 15.9. The molecule has 3 aromatic carbocycles. The lowest BCUT2D eigenvalue weighted by atomic mass is 10.1. The Morgan fingerprint density at radius 1 is 0.700 bits per heavy atom. The van der Waals surface area contributed by atoms with Gasteiger partial charge in [-0.2, -0.15) is 0 Å². The molecule has 13 heteroatoms.